The second kappa shape index (κ2) is 6.70. The van der Waals surface area contributed by atoms with Crippen LogP contribution in [-0.2, 0) is 11.3 Å². The SMILES string of the molecule is CNc1ccc([N+](=O)[O-])cc1COC1CCC(C)CC1. The predicted octanol–water partition coefficient (Wildman–Crippen LogP) is 3.73. The molecule has 110 valence electrons. The lowest BCUT2D eigenvalue weighted by molar-refractivity contribution is -0.384. The largest absolute Gasteiger partial charge is 0.388 e. The summed E-state index contributed by atoms with van der Waals surface area (Å²) < 4.78 is 5.93. The van der Waals surface area contributed by atoms with Gasteiger partial charge in [-0.3, -0.25) is 10.1 Å². The van der Waals surface area contributed by atoms with Crippen molar-refractivity contribution in [3.63, 3.8) is 0 Å². The summed E-state index contributed by atoms with van der Waals surface area (Å²) in [6.45, 7) is 2.70. The molecule has 0 aliphatic heterocycles. The first-order valence-electron chi connectivity index (χ1n) is 7.17. The molecule has 0 atom stereocenters. The van der Waals surface area contributed by atoms with Crippen molar-refractivity contribution >= 4 is 11.4 Å². The maximum atomic E-state index is 10.8. The maximum Gasteiger partial charge on any atom is 0.269 e. The summed E-state index contributed by atoms with van der Waals surface area (Å²) in [4.78, 5) is 10.5. The van der Waals surface area contributed by atoms with Gasteiger partial charge in [0.05, 0.1) is 17.6 Å². The summed E-state index contributed by atoms with van der Waals surface area (Å²) in [6.07, 6.45) is 4.88. The van der Waals surface area contributed by atoms with Gasteiger partial charge in [-0.25, -0.2) is 0 Å². The van der Waals surface area contributed by atoms with Crippen LogP contribution < -0.4 is 5.32 Å². The first kappa shape index (κ1) is 14.8. The lowest BCUT2D eigenvalue weighted by Crippen LogP contribution is -2.20. The van der Waals surface area contributed by atoms with Crippen molar-refractivity contribution < 1.29 is 9.66 Å². The van der Waals surface area contributed by atoms with E-state index in [1.54, 1.807) is 12.1 Å². The van der Waals surface area contributed by atoms with Crippen LogP contribution in [0, 0.1) is 16.0 Å². The second-order valence-corrected chi connectivity index (χ2v) is 5.54. The molecular weight excluding hydrogens is 256 g/mol. The molecule has 1 fully saturated rings. The minimum absolute atomic E-state index is 0.111. The molecule has 1 aliphatic carbocycles. The van der Waals surface area contributed by atoms with E-state index in [4.69, 9.17) is 4.74 Å². The molecule has 0 aromatic heterocycles. The molecule has 0 bridgehead atoms. The number of anilines is 1. The molecule has 0 radical (unpaired) electrons. The van der Waals surface area contributed by atoms with Gasteiger partial charge >= 0.3 is 0 Å². The molecule has 0 heterocycles. The predicted molar refractivity (Wildman–Crippen MR) is 78.9 cm³/mol. The molecule has 1 aromatic rings. The lowest BCUT2D eigenvalue weighted by atomic mass is 9.89. The van der Waals surface area contributed by atoms with E-state index in [1.165, 1.54) is 18.9 Å². The van der Waals surface area contributed by atoms with Crippen molar-refractivity contribution in [1.29, 1.82) is 0 Å². The first-order valence-corrected chi connectivity index (χ1v) is 7.17. The summed E-state index contributed by atoms with van der Waals surface area (Å²) in [6, 6.07) is 4.84. The van der Waals surface area contributed by atoms with E-state index in [2.05, 4.69) is 12.2 Å². The molecule has 0 amide bonds. The van der Waals surface area contributed by atoms with Crippen molar-refractivity contribution in [2.75, 3.05) is 12.4 Å². The zero-order chi connectivity index (χ0) is 14.5. The highest BCUT2D eigenvalue weighted by atomic mass is 16.6. The number of non-ortho nitro benzene ring substituents is 1. The second-order valence-electron chi connectivity index (χ2n) is 5.54. The van der Waals surface area contributed by atoms with Gasteiger partial charge in [-0.2, -0.15) is 0 Å². The van der Waals surface area contributed by atoms with Crippen molar-refractivity contribution in [1.82, 2.24) is 0 Å². The highest BCUT2D eigenvalue weighted by Gasteiger charge is 2.19. The highest BCUT2D eigenvalue weighted by molar-refractivity contribution is 5.55. The smallest absolute Gasteiger partial charge is 0.269 e. The number of ether oxygens (including phenoxy) is 1. The fourth-order valence-electron chi connectivity index (χ4n) is 2.66. The van der Waals surface area contributed by atoms with Gasteiger partial charge in [0.15, 0.2) is 0 Å². The Bertz CT molecular complexity index is 468. The molecule has 1 N–H and O–H groups in total. The number of hydrogen-bond donors (Lipinski definition) is 1. The Morgan fingerprint density at radius 3 is 2.65 bits per heavy atom. The Kier molecular flexibility index (Phi) is 4.95. The van der Waals surface area contributed by atoms with E-state index in [0.717, 1.165) is 30.0 Å². The van der Waals surface area contributed by atoms with Crippen LogP contribution in [0.25, 0.3) is 0 Å². The molecule has 0 saturated heterocycles. The highest BCUT2D eigenvalue weighted by Crippen LogP contribution is 2.28. The van der Waals surface area contributed by atoms with Gasteiger partial charge in [0.2, 0.25) is 0 Å². The third-order valence-electron chi connectivity index (χ3n) is 4.01. The molecule has 2 rings (SSSR count). The molecule has 1 aliphatic rings. The van der Waals surface area contributed by atoms with E-state index in [1.807, 2.05) is 7.05 Å². The monoisotopic (exact) mass is 278 g/mol. The van der Waals surface area contributed by atoms with E-state index in [0.29, 0.717) is 6.61 Å². The van der Waals surface area contributed by atoms with Crippen molar-refractivity contribution in [3.05, 3.63) is 33.9 Å². The molecule has 1 saturated carbocycles. The van der Waals surface area contributed by atoms with E-state index in [9.17, 15) is 10.1 Å². The maximum absolute atomic E-state index is 10.8. The van der Waals surface area contributed by atoms with Crippen LogP contribution in [0.1, 0.15) is 38.2 Å². The summed E-state index contributed by atoms with van der Waals surface area (Å²) in [7, 11) is 1.81. The Labute approximate surface area is 119 Å². The quantitative estimate of drug-likeness (QED) is 0.658. The first-order chi connectivity index (χ1) is 9.60. The number of hydrogen-bond acceptors (Lipinski definition) is 4. The summed E-state index contributed by atoms with van der Waals surface area (Å²) in [5.74, 6) is 0.792. The number of nitrogens with zero attached hydrogens (tertiary/aromatic N) is 1. The van der Waals surface area contributed by atoms with Crippen LogP contribution in [0.2, 0.25) is 0 Å². The van der Waals surface area contributed by atoms with Crippen LogP contribution in [0.15, 0.2) is 18.2 Å². The van der Waals surface area contributed by atoms with Crippen LogP contribution in [0.3, 0.4) is 0 Å². The summed E-state index contributed by atoms with van der Waals surface area (Å²) in [5, 5.41) is 13.9. The average molecular weight is 278 g/mol. The minimum atomic E-state index is -0.370. The number of nitro groups is 1. The number of benzene rings is 1. The number of nitrogens with one attached hydrogen (secondary N) is 1. The van der Waals surface area contributed by atoms with Crippen LogP contribution in [0.4, 0.5) is 11.4 Å². The van der Waals surface area contributed by atoms with Crippen LogP contribution in [0.5, 0.6) is 0 Å². The van der Waals surface area contributed by atoms with Crippen LogP contribution in [-0.4, -0.2) is 18.1 Å². The molecular formula is C15H22N2O3. The molecule has 5 nitrogen and oxygen atoms in total. The number of rotatable bonds is 5. The standard InChI is InChI=1S/C15H22N2O3/c1-11-3-6-14(7-4-11)20-10-12-9-13(17(18)19)5-8-15(12)16-2/h5,8-9,11,14,16H,3-4,6-7,10H2,1-2H3. The van der Waals surface area contributed by atoms with Gasteiger partial charge in [-0.05, 0) is 37.7 Å². The minimum Gasteiger partial charge on any atom is -0.388 e. The zero-order valence-electron chi connectivity index (χ0n) is 12.1. The Morgan fingerprint density at radius 1 is 1.35 bits per heavy atom. The zero-order valence-corrected chi connectivity index (χ0v) is 12.1. The average Bonchev–Trinajstić information content (AvgIpc) is 2.46. The van der Waals surface area contributed by atoms with Gasteiger partial charge in [0.1, 0.15) is 0 Å². The third kappa shape index (κ3) is 3.70. The molecule has 1 aromatic carbocycles. The van der Waals surface area contributed by atoms with E-state index >= 15 is 0 Å². The van der Waals surface area contributed by atoms with Crippen LogP contribution >= 0.6 is 0 Å². The van der Waals surface area contributed by atoms with Gasteiger partial charge in [-0.1, -0.05) is 6.92 Å². The van der Waals surface area contributed by atoms with E-state index in [-0.39, 0.29) is 16.7 Å². The summed E-state index contributed by atoms with van der Waals surface area (Å²) in [5.41, 5.74) is 1.85. The lowest BCUT2D eigenvalue weighted by Gasteiger charge is -2.26. The molecule has 20 heavy (non-hydrogen) atoms. The molecule has 0 unspecified atom stereocenters. The number of nitro benzene ring substituents is 1. The Hall–Kier alpha value is -1.62. The van der Waals surface area contributed by atoms with Gasteiger partial charge in [-0.15, -0.1) is 0 Å². The normalized spacial score (nSPS) is 22.5. The van der Waals surface area contributed by atoms with E-state index < -0.39 is 0 Å². The van der Waals surface area contributed by atoms with Gasteiger partial charge in [0, 0.05) is 30.4 Å². The Balaban J connectivity index is 2.00. The summed E-state index contributed by atoms with van der Waals surface area (Å²) >= 11 is 0. The topological polar surface area (TPSA) is 64.4 Å². The fourth-order valence-corrected chi connectivity index (χ4v) is 2.66. The molecule has 5 heteroatoms. The van der Waals surface area contributed by atoms with Crippen molar-refractivity contribution in [2.45, 2.75) is 45.3 Å². The Morgan fingerprint density at radius 2 is 2.05 bits per heavy atom. The fraction of sp³-hybridized carbons (Fsp3) is 0.600. The van der Waals surface area contributed by atoms with Gasteiger partial charge < -0.3 is 10.1 Å². The van der Waals surface area contributed by atoms with Crippen molar-refractivity contribution in [3.8, 4) is 0 Å². The third-order valence-corrected chi connectivity index (χ3v) is 4.01. The molecule has 0 spiro atoms. The van der Waals surface area contributed by atoms with Gasteiger partial charge in [0.25, 0.3) is 5.69 Å². The van der Waals surface area contributed by atoms with Crippen molar-refractivity contribution in [2.24, 2.45) is 5.92 Å².